The molecule has 0 bridgehead atoms. The van der Waals surface area contributed by atoms with Crippen molar-refractivity contribution in [2.75, 3.05) is 27.4 Å². The number of carbonyl (C=O) groups excluding carboxylic acids is 4. The van der Waals surface area contributed by atoms with E-state index in [9.17, 15) is 19.2 Å². The van der Waals surface area contributed by atoms with Crippen molar-refractivity contribution in [3.63, 3.8) is 0 Å². The van der Waals surface area contributed by atoms with Crippen molar-refractivity contribution in [1.82, 2.24) is 10.6 Å². The molecule has 180 valence electrons. The number of esters is 2. The third-order valence-corrected chi connectivity index (χ3v) is 4.34. The molecule has 0 saturated carbocycles. The summed E-state index contributed by atoms with van der Waals surface area (Å²) in [6, 6.07) is 14.2. The van der Waals surface area contributed by atoms with Crippen molar-refractivity contribution in [1.29, 1.82) is 0 Å². The van der Waals surface area contributed by atoms with Gasteiger partial charge in [-0.15, -0.1) is 0 Å². The Balaban J connectivity index is 1.60. The lowest BCUT2D eigenvalue weighted by Gasteiger charge is -2.07. The van der Waals surface area contributed by atoms with Crippen molar-refractivity contribution >= 4 is 23.8 Å². The molecule has 10 heteroatoms. The smallest absolute Gasteiger partial charge is 0.331 e. The highest BCUT2D eigenvalue weighted by molar-refractivity contribution is 5.93. The van der Waals surface area contributed by atoms with Crippen molar-refractivity contribution in [2.24, 2.45) is 0 Å². The van der Waals surface area contributed by atoms with Crippen molar-refractivity contribution in [3.05, 3.63) is 71.8 Å². The number of carbonyl (C=O) groups is 4. The highest BCUT2D eigenvalue weighted by Crippen LogP contribution is 2.11. The van der Waals surface area contributed by atoms with Gasteiger partial charge in [-0.05, 0) is 35.4 Å². The number of hydrogen-bond acceptors (Lipinski definition) is 8. The van der Waals surface area contributed by atoms with E-state index in [2.05, 4.69) is 10.6 Å². The Morgan fingerprint density at radius 3 is 1.32 bits per heavy atom. The lowest BCUT2D eigenvalue weighted by atomic mass is 10.2. The Kier molecular flexibility index (Phi) is 10.6. The average Bonchev–Trinajstić information content (AvgIpc) is 2.87. The molecule has 0 aromatic heterocycles. The zero-order valence-corrected chi connectivity index (χ0v) is 18.9. The molecule has 0 radical (unpaired) electrons. The molecule has 0 aliphatic rings. The fourth-order valence-corrected chi connectivity index (χ4v) is 2.50. The first kappa shape index (κ1) is 25.9. The molecular formula is C24H26N2O8. The average molecular weight is 470 g/mol. The summed E-state index contributed by atoms with van der Waals surface area (Å²) in [6.45, 7) is -0.517. The summed E-state index contributed by atoms with van der Waals surface area (Å²) in [5, 5.41) is 5.19. The third-order valence-electron chi connectivity index (χ3n) is 4.34. The van der Waals surface area contributed by atoms with E-state index in [0.29, 0.717) is 11.5 Å². The molecule has 0 unspecified atom stereocenters. The predicted octanol–water partition coefficient (Wildman–Crippen LogP) is 1.28. The van der Waals surface area contributed by atoms with E-state index in [-0.39, 0.29) is 13.1 Å². The maximum absolute atomic E-state index is 11.8. The number of ether oxygens (including phenoxy) is 4. The zero-order valence-electron chi connectivity index (χ0n) is 18.9. The van der Waals surface area contributed by atoms with Crippen LogP contribution in [0.2, 0.25) is 0 Å². The summed E-state index contributed by atoms with van der Waals surface area (Å²) in [6.07, 6.45) is 1.63. The van der Waals surface area contributed by atoms with E-state index in [4.69, 9.17) is 18.9 Å². The van der Waals surface area contributed by atoms with Gasteiger partial charge in [0.15, 0.2) is 13.2 Å². The highest BCUT2D eigenvalue weighted by atomic mass is 16.5. The van der Waals surface area contributed by atoms with E-state index in [1.54, 1.807) is 62.8 Å². The summed E-state index contributed by atoms with van der Waals surface area (Å²) in [5.74, 6) is -1.42. The maximum atomic E-state index is 11.8. The molecule has 0 atom stereocenters. The zero-order chi connectivity index (χ0) is 24.8. The fraction of sp³-hybridized carbons (Fsp3) is 0.250. The first-order valence-electron chi connectivity index (χ1n) is 10.2. The van der Waals surface area contributed by atoms with Crippen LogP contribution in [0.3, 0.4) is 0 Å². The Labute approximate surface area is 196 Å². The van der Waals surface area contributed by atoms with E-state index in [0.717, 1.165) is 23.3 Å². The molecule has 2 rings (SSSR count). The number of amides is 2. The van der Waals surface area contributed by atoms with Gasteiger partial charge >= 0.3 is 11.9 Å². The first-order valence-corrected chi connectivity index (χ1v) is 10.2. The van der Waals surface area contributed by atoms with E-state index >= 15 is 0 Å². The largest absolute Gasteiger partial charge is 0.497 e. The molecule has 34 heavy (non-hydrogen) atoms. The second-order valence-electron chi connectivity index (χ2n) is 6.80. The van der Waals surface area contributed by atoms with Crippen LogP contribution in [0.4, 0.5) is 0 Å². The molecule has 0 spiro atoms. The Morgan fingerprint density at radius 1 is 0.647 bits per heavy atom. The number of rotatable bonds is 12. The summed E-state index contributed by atoms with van der Waals surface area (Å²) in [7, 11) is 3.11. The van der Waals surface area contributed by atoms with Crippen LogP contribution in [0, 0.1) is 0 Å². The van der Waals surface area contributed by atoms with Gasteiger partial charge in [-0.2, -0.15) is 0 Å². The summed E-state index contributed by atoms with van der Waals surface area (Å²) >= 11 is 0. The van der Waals surface area contributed by atoms with Gasteiger partial charge in [0, 0.05) is 25.2 Å². The summed E-state index contributed by atoms with van der Waals surface area (Å²) < 4.78 is 19.6. The fourth-order valence-electron chi connectivity index (χ4n) is 2.50. The minimum absolute atomic E-state index is 0.253. The van der Waals surface area contributed by atoms with Gasteiger partial charge in [-0.1, -0.05) is 24.3 Å². The third kappa shape index (κ3) is 9.86. The first-order chi connectivity index (χ1) is 16.4. The highest BCUT2D eigenvalue weighted by Gasteiger charge is 2.08. The monoisotopic (exact) mass is 470 g/mol. The molecule has 2 aromatic carbocycles. The molecule has 2 aromatic rings. The number of nitrogens with one attached hydrogen (secondary N) is 2. The molecule has 0 aliphatic carbocycles. The van der Waals surface area contributed by atoms with Gasteiger partial charge in [0.2, 0.25) is 0 Å². The van der Waals surface area contributed by atoms with Gasteiger partial charge in [0.1, 0.15) is 11.5 Å². The lowest BCUT2D eigenvalue weighted by molar-refractivity contribution is -0.145. The Hall–Kier alpha value is -4.34. The van der Waals surface area contributed by atoms with Crippen LogP contribution in [0.25, 0.3) is 0 Å². The molecule has 2 N–H and O–H groups in total. The van der Waals surface area contributed by atoms with Crippen LogP contribution in [0.15, 0.2) is 60.7 Å². The predicted molar refractivity (Wildman–Crippen MR) is 121 cm³/mol. The number of hydrogen-bond donors (Lipinski definition) is 2. The maximum Gasteiger partial charge on any atom is 0.331 e. The molecule has 2 amide bonds. The SMILES string of the molecule is COc1ccc(CNC(=O)COC(=O)/C=C/C(=O)OCC(=O)NCc2ccc(OC)cc2)cc1. The van der Waals surface area contributed by atoms with Crippen LogP contribution in [0.1, 0.15) is 11.1 Å². The molecule has 0 fully saturated rings. The van der Waals surface area contributed by atoms with Gasteiger partial charge < -0.3 is 29.6 Å². The van der Waals surface area contributed by atoms with Gasteiger partial charge in [-0.3, -0.25) is 9.59 Å². The molecular weight excluding hydrogens is 444 g/mol. The van der Waals surface area contributed by atoms with Crippen LogP contribution < -0.4 is 20.1 Å². The normalized spacial score (nSPS) is 10.3. The van der Waals surface area contributed by atoms with Gasteiger partial charge in [0.05, 0.1) is 14.2 Å². The van der Waals surface area contributed by atoms with E-state index in [1.807, 2.05) is 0 Å². The summed E-state index contributed by atoms with van der Waals surface area (Å²) in [4.78, 5) is 46.8. The Morgan fingerprint density at radius 2 is 1.00 bits per heavy atom. The second-order valence-corrected chi connectivity index (χ2v) is 6.80. The molecule has 0 aliphatic heterocycles. The lowest BCUT2D eigenvalue weighted by Crippen LogP contribution is -2.28. The number of methoxy groups -OCH3 is 2. The van der Waals surface area contributed by atoms with Crippen molar-refractivity contribution in [2.45, 2.75) is 13.1 Å². The minimum Gasteiger partial charge on any atom is -0.497 e. The van der Waals surface area contributed by atoms with Crippen molar-refractivity contribution in [3.8, 4) is 11.5 Å². The molecule has 0 saturated heterocycles. The van der Waals surface area contributed by atoms with Crippen LogP contribution in [0.5, 0.6) is 11.5 Å². The van der Waals surface area contributed by atoms with E-state index < -0.39 is 37.0 Å². The summed E-state index contributed by atoms with van der Waals surface area (Å²) in [5.41, 5.74) is 1.69. The Bertz CT molecular complexity index is 919. The number of benzene rings is 2. The van der Waals surface area contributed by atoms with Crippen molar-refractivity contribution < 1.29 is 38.1 Å². The standard InChI is InChI=1S/C24H26N2O8/c1-31-19-7-3-17(4-8-19)13-25-21(27)15-33-23(29)11-12-24(30)34-16-22(28)26-14-18-5-9-20(32-2)10-6-18/h3-12H,13-16H2,1-2H3,(H,25,27)(H,26,28)/b12-11+. The topological polar surface area (TPSA) is 129 Å². The van der Waals surface area contributed by atoms with Gasteiger partial charge in [0.25, 0.3) is 11.8 Å². The van der Waals surface area contributed by atoms with Crippen LogP contribution in [-0.4, -0.2) is 51.2 Å². The minimum atomic E-state index is -0.902. The van der Waals surface area contributed by atoms with Crippen LogP contribution >= 0.6 is 0 Å². The van der Waals surface area contributed by atoms with Gasteiger partial charge in [-0.25, -0.2) is 9.59 Å². The van der Waals surface area contributed by atoms with E-state index in [1.165, 1.54) is 0 Å². The molecule has 10 nitrogen and oxygen atoms in total. The van der Waals surface area contributed by atoms with Crippen LogP contribution in [-0.2, 0) is 41.7 Å². The second kappa shape index (κ2) is 13.9. The molecule has 0 heterocycles. The quantitative estimate of drug-likeness (QED) is 0.351.